The molecule has 20 heavy (non-hydrogen) atoms. The molecular weight excluding hydrogens is 262 g/mol. The summed E-state index contributed by atoms with van der Waals surface area (Å²) in [4.78, 5) is 31.9. The van der Waals surface area contributed by atoms with E-state index >= 15 is 0 Å². The number of aromatic nitrogens is 5. The van der Waals surface area contributed by atoms with Gasteiger partial charge in [-0.1, -0.05) is 0 Å². The standard InChI is InChI=1S/C11H11N7O2/c12-10-13-5-18(17-10)4-9(19)14-6-1-2-7-8(3-6)16-11(20)15-7/h1-3,5H,4H2,(H2,12,17)(H,14,19)(H2,15,16,20). The van der Waals surface area contributed by atoms with Gasteiger partial charge in [0.1, 0.15) is 12.9 Å². The number of fused-ring (bicyclic) bond motifs is 1. The Labute approximate surface area is 111 Å². The monoisotopic (exact) mass is 273 g/mol. The molecule has 0 bridgehead atoms. The van der Waals surface area contributed by atoms with Crippen LogP contribution in [0.3, 0.4) is 0 Å². The molecule has 0 saturated carbocycles. The summed E-state index contributed by atoms with van der Waals surface area (Å²) in [7, 11) is 0. The molecule has 1 aromatic carbocycles. The van der Waals surface area contributed by atoms with Crippen molar-refractivity contribution in [2.75, 3.05) is 11.1 Å². The summed E-state index contributed by atoms with van der Waals surface area (Å²) in [5.41, 5.74) is 6.94. The van der Waals surface area contributed by atoms with Crippen molar-refractivity contribution >= 4 is 28.6 Å². The van der Waals surface area contributed by atoms with Crippen molar-refractivity contribution in [3.8, 4) is 0 Å². The van der Waals surface area contributed by atoms with Crippen LogP contribution in [-0.4, -0.2) is 30.6 Å². The number of hydrogen-bond donors (Lipinski definition) is 4. The van der Waals surface area contributed by atoms with Gasteiger partial charge in [0, 0.05) is 5.69 Å². The molecule has 0 unspecified atom stereocenters. The van der Waals surface area contributed by atoms with Gasteiger partial charge in [0.25, 0.3) is 0 Å². The summed E-state index contributed by atoms with van der Waals surface area (Å²) in [5.74, 6) is -0.156. The second-order valence-corrected chi connectivity index (χ2v) is 4.19. The van der Waals surface area contributed by atoms with Crippen LogP contribution in [0.5, 0.6) is 0 Å². The predicted octanol–water partition coefficient (Wildman–Crippen LogP) is -0.331. The number of nitrogens with two attached hydrogens (primary N) is 1. The lowest BCUT2D eigenvalue weighted by Crippen LogP contribution is -2.19. The highest BCUT2D eigenvalue weighted by atomic mass is 16.2. The number of anilines is 2. The maximum absolute atomic E-state index is 11.8. The number of amides is 1. The van der Waals surface area contributed by atoms with Crippen molar-refractivity contribution in [2.24, 2.45) is 0 Å². The highest BCUT2D eigenvalue weighted by molar-refractivity contribution is 5.92. The fraction of sp³-hybridized carbons (Fsp3) is 0.0909. The lowest BCUT2D eigenvalue weighted by molar-refractivity contribution is -0.116. The minimum absolute atomic E-state index is 0.00585. The third-order valence-electron chi connectivity index (χ3n) is 2.66. The van der Waals surface area contributed by atoms with E-state index in [0.717, 1.165) is 0 Å². The van der Waals surface area contributed by atoms with Crippen molar-refractivity contribution in [1.82, 2.24) is 24.7 Å². The van der Waals surface area contributed by atoms with Crippen molar-refractivity contribution in [3.63, 3.8) is 0 Å². The zero-order chi connectivity index (χ0) is 14.1. The largest absolute Gasteiger partial charge is 0.367 e. The number of rotatable bonds is 3. The van der Waals surface area contributed by atoms with Gasteiger partial charge in [-0.25, -0.2) is 14.5 Å². The number of carbonyl (C=O) groups excluding carboxylic acids is 1. The quantitative estimate of drug-likeness (QED) is 0.518. The van der Waals surface area contributed by atoms with Gasteiger partial charge >= 0.3 is 5.69 Å². The molecule has 0 saturated heterocycles. The average Bonchev–Trinajstić information content (AvgIpc) is 2.93. The predicted molar refractivity (Wildman–Crippen MR) is 72.0 cm³/mol. The number of H-pyrrole nitrogens is 2. The molecule has 0 aliphatic rings. The minimum Gasteiger partial charge on any atom is -0.367 e. The normalized spacial score (nSPS) is 10.8. The van der Waals surface area contributed by atoms with Crippen LogP contribution >= 0.6 is 0 Å². The first kappa shape index (κ1) is 12.0. The molecule has 0 spiro atoms. The zero-order valence-electron chi connectivity index (χ0n) is 10.3. The van der Waals surface area contributed by atoms with Crippen LogP contribution in [0.15, 0.2) is 29.3 Å². The van der Waals surface area contributed by atoms with Crippen molar-refractivity contribution in [1.29, 1.82) is 0 Å². The van der Waals surface area contributed by atoms with Crippen LogP contribution in [-0.2, 0) is 11.3 Å². The maximum Gasteiger partial charge on any atom is 0.323 e. The lowest BCUT2D eigenvalue weighted by Gasteiger charge is -2.04. The van der Waals surface area contributed by atoms with Crippen LogP contribution in [0.1, 0.15) is 0 Å². The Balaban J connectivity index is 1.75. The highest BCUT2D eigenvalue weighted by Gasteiger charge is 2.06. The zero-order valence-corrected chi connectivity index (χ0v) is 10.3. The second-order valence-electron chi connectivity index (χ2n) is 4.19. The first-order chi connectivity index (χ1) is 9.60. The number of benzene rings is 1. The first-order valence-corrected chi connectivity index (χ1v) is 5.77. The molecule has 102 valence electrons. The van der Waals surface area contributed by atoms with E-state index in [9.17, 15) is 9.59 Å². The van der Waals surface area contributed by atoms with E-state index in [-0.39, 0.29) is 24.1 Å². The number of carbonyl (C=O) groups is 1. The Bertz CT molecular complexity index is 829. The maximum atomic E-state index is 11.8. The molecule has 3 rings (SSSR count). The fourth-order valence-electron chi connectivity index (χ4n) is 1.84. The molecule has 0 radical (unpaired) electrons. The Hall–Kier alpha value is -3.10. The molecule has 2 aromatic heterocycles. The van der Waals surface area contributed by atoms with Gasteiger partial charge in [0.15, 0.2) is 0 Å². The molecule has 0 fully saturated rings. The molecule has 2 heterocycles. The molecule has 0 aliphatic heterocycles. The second kappa shape index (κ2) is 4.53. The number of nitrogen functional groups attached to an aromatic ring is 1. The van der Waals surface area contributed by atoms with E-state index in [1.807, 2.05) is 0 Å². The van der Waals surface area contributed by atoms with Crippen molar-refractivity contribution in [3.05, 3.63) is 35.0 Å². The van der Waals surface area contributed by atoms with Gasteiger partial charge in [-0.2, -0.15) is 0 Å². The van der Waals surface area contributed by atoms with E-state index in [4.69, 9.17) is 5.73 Å². The topological polar surface area (TPSA) is 134 Å². The van der Waals surface area contributed by atoms with Crippen LogP contribution in [0.2, 0.25) is 0 Å². The van der Waals surface area contributed by atoms with Gasteiger partial charge in [-0.3, -0.25) is 4.79 Å². The minimum atomic E-state index is -0.290. The Morgan fingerprint density at radius 3 is 2.90 bits per heavy atom. The van der Waals surface area contributed by atoms with Crippen LogP contribution < -0.4 is 16.7 Å². The number of imidazole rings is 1. The molecule has 9 nitrogen and oxygen atoms in total. The lowest BCUT2D eigenvalue weighted by atomic mass is 10.3. The fourth-order valence-corrected chi connectivity index (χ4v) is 1.84. The Kier molecular flexibility index (Phi) is 2.71. The van der Waals surface area contributed by atoms with Crippen LogP contribution in [0.4, 0.5) is 11.6 Å². The highest BCUT2D eigenvalue weighted by Crippen LogP contribution is 2.14. The summed E-state index contributed by atoms with van der Waals surface area (Å²) in [6.45, 7) is 0.00585. The number of aromatic amines is 2. The molecule has 0 aliphatic carbocycles. The summed E-state index contributed by atoms with van der Waals surface area (Å²) >= 11 is 0. The average molecular weight is 273 g/mol. The van der Waals surface area contributed by atoms with E-state index in [0.29, 0.717) is 16.7 Å². The molecule has 5 N–H and O–H groups in total. The van der Waals surface area contributed by atoms with E-state index < -0.39 is 0 Å². The molecule has 9 heteroatoms. The van der Waals surface area contributed by atoms with E-state index in [1.54, 1.807) is 18.2 Å². The van der Waals surface area contributed by atoms with Crippen LogP contribution in [0, 0.1) is 0 Å². The Morgan fingerprint density at radius 2 is 2.15 bits per heavy atom. The van der Waals surface area contributed by atoms with Crippen molar-refractivity contribution in [2.45, 2.75) is 6.54 Å². The number of nitrogens with zero attached hydrogens (tertiary/aromatic N) is 3. The summed E-state index contributed by atoms with van der Waals surface area (Å²) < 4.78 is 1.33. The van der Waals surface area contributed by atoms with Gasteiger partial charge in [0.05, 0.1) is 11.0 Å². The van der Waals surface area contributed by atoms with Crippen LogP contribution in [0.25, 0.3) is 11.0 Å². The molecule has 0 atom stereocenters. The molecule has 1 amide bonds. The van der Waals surface area contributed by atoms with Gasteiger partial charge < -0.3 is 21.0 Å². The summed E-state index contributed by atoms with van der Waals surface area (Å²) in [6, 6.07) is 5.07. The SMILES string of the molecule is Nc1ncn(CC(=O)Nc2ccc3[nH]c(=O)[nH]c3c2)n1. The molecule has 3 aromatic rings. The van der Waals surface area contributed by atoms with Crippen molar-refractivity contribution < 1.29 is 4.79 Å². The van der Waals surface area contributed by atoms with E-state index in [2.05, 4.69) is 25.4 Å². The van der Waals surface area contributed by atoms with E-state index in [1.165, 1.54) is 11.0 Å². The number of hydrogen-bond acceptors (Lipinski definition) is 5. The molecular formula is C11H11N7O2. The Morgan fingerprint density at radius 1 is 1.35 bits per heavy atom. The first-order valence-electron chi connectivity index (χ1n) is 5.77. The summed E-state index contributed by atoms with van der Waals surface area (Å²) in [6.07, 6.45) is 1.38. The third kappa shape index (κ3) is 2.36. The third-order valence-corrected chi connectivity index (χ3v) is 2.66. The van der Waals surface area contributed by atoms with Gasteiger partial charge in [-0.05, 0) is 18.2 Å². The number of nitrogens with one attached hydrogen (secondary N) is 3. The smallest absolute Gasteiger partial charge is 0.323 e. The summed E-state index contributed by atoms with van der Waals surface area (Å²) in [5, 5.41) is 6.51. The van der Waals surface area contributed by atoms with Gasteiger partial charge in [0.2, 0.25) is 11.9 Å². The van der Waals surface area contributed by atoms with Gasteiger partial charge in [-0.15, -0.1) is 5.10 Å².